The molecule has 5 unspecified atom stereocenters. The van der Waals surface area contributed by atoms with Crippen LogP contribution in [0.4, 0.5) is 0 Å². The highest BCUT2D eigenvalue weighted by atomic mass is 16.5. The first-order valence-corrected chi connectivity index (χ1v) is 24.5. The second-order valence-corrected chi connectivity index (χ2v) is 23.6. The molecule has 0 aromatic rings. The molecule has 5 atom stereocenters. The van der Waals surface area contributed by atoms with E-state index in [-0.39, 0.29) is 24.1 Å². The van der Waals surface area contributed by atoms with Crippen molar-refractivity contribution in [2.75, 3.05) is 27.7 Å². The lowest BCUT2D eigenvalue weighted by Gasteiger charge is -2.71. The fourth-order valence-corrected chi connectivity index (χ4v) is 13.7. The van der Waals surface area contributed by atoms with Crippen molar-refractivity contribution in [3.05, 3.63) is 0 Å². The Morgan fingerprint density at radius 3 is 1.24 bits per heavy atom. The van der Waals surface area contributed by atoms with Crippen LogP contribution in [-0.2, 0) is 23.9 Å². The number of carboxylic acids is 3. The van der Waals surface area contributed by atoms with Gasteiger partial charge in [0, 0.05) is 33.2 Å². The molecular weight excluding hydrogens is 783 g/mol. The number of carbonyl (C=O) groups excluding carboxylic acids is 1. The zero-order valence-electron chi connectivity index (χ0n) is 42.5. The molecule has 0 saturated carbocycles. The molecule has 0 aromatic carbocycles. The van der Waals surface area contributed by atoms with Gasteiger partial charge in [-0.15, -0.1) is 0 Å². The summed E-state index contributed by atoms with van der Waals surface area (Å²) in [4.78, 5) is 66.3. The van der Waals surface area contributed by atoms with E-state index in [2.05, 4.69) is 90.9 Å². The van der Waals surface area contributed by atoms with Crippen LogP contribution in [0, 0.1) is 34.5 Å². The first kappa shape index (κ1) is 54.1. The van der Waals surface area contributed by atoms with E-state index in [0.29, 0.717) is 38.5 Å². The van der Waals surface area contributed by atoms with Crippen LogP contribution in [0.1, 0.15) is 206 Å². The number of hydrogen-bond donors (Lipinski definition) is 3. The Balaban J connectivity index is 2.48. The molecule has 3 aliphatic heterocycles. The van der Waals surface area contributed by atoms with E-state index in [4.69, 9.17) is 4.74 Å². The van der Waals surface area contributed by atoms with Crippen molar-refractivity contribution in [1.82, 2.24) is 14.7 Å². The lowest BCUT2D eigenvalue weighted by Crippen LogP contribution is -2.80. The predicted molar refractivity (Wildman–Crippen MR) is 249 cm³/mol. The number of hydrogen-bond acceptors (Lipinski definition) is 8. The Kier molecular flexibility index (Phi) is 17.5. The van der Waals surface area contributed by atoms with Crippen LogP contribution in [0.2, 0.25) is 0 Å². The van der Waals surface area contributed by atoms with E-state index in [0.717, 1.165) is 19.3 Å². The Morgan fingerprint density at radius 1 is 0.565 bits per heavy atom. The van der Waals surface area contributed by atoms with Crippen molar-refractivity contribution in [2.45, 2.75) is 239 Å². The molecule has 0 spiro atoms. The maximum Gasteiger partial charge on any atom is 0.313 e. The number of esters is 1. The summed E-state index contributed by atoms with van der Waals surface area (Å²) in [7, 11) is 6.02. The Hall–Kier alpha value is -2.24. The number of nitrogens with zero attached hydrogens (tertiary/aromatic N) is 3. The average molecular weight is 876 g/mol. The third-order valence-corrected chi connectivity index (χ3v) is 18.2. The van der Waals surface area contributed by atoms with Gasteiger partial charge in [0.25, 0.3) is 0 Å². The summed E-state index contributed by atoms with van der Waals surface area (Å²) in [5.41, 5.74) is -8.24. The fourth-order valence-electron chi connectivity index (χ4n) is 13.7. The number of carbonyl (C=O) groups is 4. The molecule has 11 heteroatoms. The van der Waals surface area contributed by atoms with Crippen molar-refractivity contribution in [3.63, 3.8) is 0 Å². The van der Waals surface area contributed by atoms with Gasteiger partial charge in [-0.1, -0.05) is 71.1 Å². The van der Waals surface area contributed by atoms with E-state index in [1.165, 1.54) is 44.9 Å². The lowest BCUT2D eigenvalue weighted by molar-refractivity contribution is -0.263. The summed E-state index contributed by atoms with van der Waals surface area (Å²) >= 11 is 0. The minimum absolute atomic E-state index is 0.0773. The van der Waals surface area contributed by atoms with Crippen molar-refractivity contribution in [3.8, 4) is 0 Å². The SMILES string of the molecule is CCCCCCCCCCCCCOC(=O)C(C1CCC(C)(C)N(C)C1(C)C)(C1CCC(C)(C)N(C)C1(C)C)C(C(=O)O)(C(CC(=O)O)C(=O)O)C1CCC(C)(C)N(C)C1(C)C. The third kappa shape index (κ3) is 9.95. The van der Waals surface area contributed by atoms with Gasteiger partial charge in [0.05, 0.1) is 24.4 Å². The van der Waals surface area contributed by atoms with Gasteiger partial charge in [0.15, 0.2) is 0 Å². The summed E-state index contributed by atoms with van der Waals surface area (Å²) in [6, 6.07) is 0. The minimum atomic E-state index is -2.44. The van der Waals surface area contributed by atoms with Crippen LogP contribution >= 0.6 is 0 Å². The highest BCUT2D eigenvalue weighted by Crippen LogP contribution is 2.71. The summed E-state index contributed by atoms with van der Waals surface area (Å²) < 4.78 is 6.68. The molecule has 3 rings (SSSR count). The van der Waals surface area contributed by atoms with Crippen molar-refractivity contribution >= 4 is 23.9 Å². The highest BCUT2D eigenvalue weighted by molar-refractivity contribution is 5.94. The fraction of sp³-hybridized carbons (Fsp3) is 0.922. The number of aliphatic carboxylic acids is 3. The highest BCUT2D eigenvalue weighted by Gasteiger charge is 2.81. The van der Waals surface area contributed by atoms with E-state index < -0.39 is 87.0 Å². The molecule has 62 heavy (non-hydrogen) atoms. The number of ether oxygens (including phenoxy) is 1. The van der Waals surface area contributed by atoms with Crippen LogP contribution in [0.15, 0.2) is 0 Å². The summed E-state index contributed by atoms with van der Waals surface area (Å²) in [5.74, 6) is -9.41. The monoisotopic (exact) mass is 876 g/mol. The molecule has 3 saturated heterocycles. The topological polar surface area (TPSA) is 148 Å². The molecular formula is C51H93N3O8. The summed E-state index contributed by atoms with van der Waals surface area (Å²) in [6.07, 6.45) is 14.3. The molecule has 3 N–H and O–H groups in total. The van der Waals surface area contributed by atoms with Gasteiger partial charge in [0.2, 0.25) is 0 Å². The molecule has 3 heterocycles. The average Bonchev–Trinajstić information content (AvgIpc) is 3.15. The van der Waals surface area contributed by atoms with Crippen molar-refractivity contribution < 1.29 is 39.2 Å². The second-order valence-electron chi connectivity index (χ2n) is 23.6. The molecule has 0 radical (unpaired) electrons. The molecule has 3 aliphatic rings. The van der Waals surface area contributed by atoms with Crippen LogP contribution in [0.25, 0.3) is 0 Å². The van der Waals surface area contributed by atoms with E-state index in [9.17, 15) is 24.9 Å². The first-order chi connectivity index (χ1) is 28.4. The Morgan fingerprint density at radius 2 is 0.903 bits per heavy atom. The second kappa shape index (κ2) is 20.1. The van der Waals surface area contributed by atoms with E-state index in [1.54, 1.807) is 0 Å². The Labute approximate surface area is 377 Å². The van der Waals surface area contributed by atoms with Crippen LogP contribution in [-0.4, -0.2) is 115 Å². The number of rotatable bonds is 22. The standard InChI is InChI=1S/C51H93N3O8/c1-17-18-19-20-21-22-23-24-25-26-27-34-62-43(61)51(38-29-32-45(4,5)53(15)48(38,10)11,39-30-33-46(6,7)54(16)49(39,12)13)50(42(59)60,36(41(57)58)35-40(55)56)37-28-31-44(2,3)52(14)47(37,8)9/h36-39H,17-35H2,1-16H3,(H,55,56)(H,57,58)(H,59,60). The maximum absolute atomic E-state index is 16.6. The Bertz CT molecular complexity index is 1510. The third-order valence-electron chi connectivity index (χ3n) is 18.2. The van der Waals surface area contributed by atoms with Crippen LogP contribution in [0.5, 0.6) is 0 Å². The molecule has 0 aromatic heterocycles. The molecule has 0 aliphatic carbocycles. The maximum atomic E-state index is 16.6. The van der Waals surface area contributed by atoms with Crippen molar-refractivity contribution in [2.24, 2.45) is 34.5 Å². The number of carboxylic acid groups (broad SMARTS) is 3. The minimum Gasteiger partial charge on any atom is -0.481 e. The van der Waals surface area contributed by atoms with Gasteiger partial charge in [-0.3, -0.25) is 33.9 Å². The lowest BCUT2D eigenvalue weighted by atomic mass is 9.35. The van der Waals surface area contributed by atoms with Gasteiger partial charge in [-0.05, 0) is 167 Å². The smallest absolute Gasteiger partial charge is 0.313 e. The molecule has 0 bridgehead atoms. The van der Waals surface area contributed by atoms with Crippen LogP contribution < -0.4 is 0 Å². The number of likely N-dealkylation sites (tertiary alicyclic amines) is 3. The van der Waals surface area contributed by atoms with Gasteiger partial charge in [-0.25, -0.2) is 0 Å². The van der Waals surface area contributed by atoms with Gasteiger partial charge in [-0.2, -0.15) is 0 Å². The largest absolute Gasteiger partial charge is 0.481 e. The van der Waals surface area contributed by atoms with Gasteiger partial charge < -0.3 is 20.1 Å². The van der Waals surface area contributed by atoms with E-state index >= 15 is 9.59 Å². The molecule has 11 nitrogen and oxygen atoms in total. The van der Waals surface area contributed by atoms with Gasteiger partial charge >= 0.3 is 23.9 Å². The predicted octanol–water partition coefficient (Wildman–Crippen LogP) is 10.8. The van der Waals surface area contributed by atoms with Crippen LogP contribution in [0.3, 0.4) is 0 Å². The van der Waals surface area contributed by atoms with Gasteiger partial charge in [0.1, 0.15) is 5.41 Å². The van der Waals surface area contributed by atoms with Crippen molar-refractivity contribution in [1.29, 1.82) is 0 Å². The number of unbranched alkanes of at least 4 members (excludes halogenated alkanes) is 10. The molecule has 3 fully saturated rings. The summed E-state index contributed by atoms with van der Waals surface area (Å²) in [5, 5.41) is 35.0. The first-order valence-electron chi connectivity index (χ1n) is 24.5. The zero-order valence-corrected chi connectivity index (χ0v) is 42.5. The summed E-state index contributed by atoms with van der Waals surface area (Å²) in [6.45, 7) is 27.4. The molecule has 0 amide bonds. The zero-order chi connectivity index (χ0) is 47.5. The van der Waals surface area contributed by atoms with E-state index in [1.807, 2.05) is 35.0 Å². The number of piperidine rings is 3. The molecule has 360 valence electrons. The quantitative estimate of drug-likeness (QED) is 0.0705. The normalized spacial score (nSPS) is 28.2.